The van der Waals surface area contributed by atoms with Gasteiger partial charge in [-0.15, -0.1) is 0 Å². The second-order valence-corrected chi connectivity index (χ2v) is 4.92. The van der Waals surface area contributed by atoms with Crippen LogP contribution in [0.5, 0.6) is 11.5 Å². The van der Waals surface area contributed by atoms with Gasteiger partial charge in [0.25, 0.3) is 5.56 Å². The SMILES string of the molecule is COc1ccc(/C=N\Nc2nc3ccccc3[nH]c2=O)cc1OC. The van der Waals surface area contributed by atoms with Gasteiger partial charge >= 0.3 is 0 Å². The highest BCUT2D eigenvalue weighted by Crippen LogP contribution is 2.26. The number of methoxy groups -OCH3 is 2. The van der Waals surface area contributed by atoms with Crippen LogP contribution in [-0.2, 0) is 0 Å². The standard InChI is InChI=1S/C17H16N4O3/c1-23-14-8-7-11(9-15(14)24-2)10-18-21-16-17(22)20-13-6-4-3-5-12(13)19-16/h3-10H,1-2H3,(H,19,21)(H,20,22)/b18-10-. The van der Waals surface area contributed by atoms with Crippen LogP contribution in [0.4, 0.5) is 5.82 Å². The van der Waals surface area contributed by atoms with Crippen LogP contribution in [0.15, 0.2) is 52.4 Å². The smallest absolute Gasteiger partial charge is 0.293 e. The molecular weight excluding hydrogens is 308 g/mol. The maximum atomic E-state index is 12.0. The number of para-hydroxylation sites is 2. The highest BCUT2D eigenvalue weighted by Gasteiger charge is 2.04. The molecule has 0 saturated heterocycles. The molecule has 0 spiro atoms. The van der Waals surface area contributed by atoms with Crippen molar-refractivity contribution in [3.63, 3.8) is 0 Å². The number of hydrazone groups is 1. The fraction of sp³-hybridized carbons (Fsp3) is 0.118. The maximum Gasteiger partial charge on any atom is 0.293 e. The monoisotopic (exact) mass is 324 g/mol. The number of benzene rings is 2. The van der Waals surface area contributed by atoms with Gasteiger partial charge in [-0.2, -0.15) is 5.10 Å². The van der Waals surface area contributed by atoms with E-state index in [4.69, 9.17) is 9.47 Å². The summed E-state index contributed by atoms with van der Waals surface area (Å²) in [4.78, 5) is 19.0. The predicted molar refractivity (Wildman–Crippen MR) is 93.1 cm³/mol. The number of ether oxygens (including phenoxy) is 2. The van der Waals surface area contributed by atoms with Crippen LogP contribution >= 0.6 is 0 Å². The molecule has 0 aliphatic rings. The summed E-state index contributed by atoms with van der Waals surface area (Å²) in [6.07, 6.45) is 1.57. The molecule has 2 aromatic carbocycles. The van der Waals surface area contributed by atoms with Gasteiger partial charge in [0, 0.05) is 0 Å². The number of hydrogen-bond acceptors (Lipinski definition) is 6. The van der Waals surface area contributed by atoms with Gasteiger partial charge in [0.05, 0.1) is 31.5 Å². The predicted octanol–water partition coefficient (Wildman–Crippen LogP) is 2.39. The summed E-state index contributed by atoms with van der Waals surface area (Å²) < 4.78 is 10.4. The molecule has 3 aromatic rings. The summed E-state index contributed by atoms with van der Waals surface area (Å²) in [6, 6.07) is 12.7. The third-order valence-corrected chi connectivity index (χ3v) is 3.39. The Bertz CT molecular complexity index is 950. The zero-order valence-electron chi connectivity index (χ0n) is 13.2. The van der Waals surface area contributed by atoms with Crippen LogP contribution in [0.2, 0.25) is 0 Å². The van der Waals surface area contributed by atoms with Gasteiger partial charge in [-0.25, -0.2) is 4.98 Å². The first-order chi connectivity index (χ1) is 11.7. The summed E-state index contributed by atoms with van der Waals surface area (Å²) in [5.41, 5.74) is 4.48. The largest absolute Gasteiger partial charge is 0.493 e. The molecular formula is C17H16N4O3. The molecule has 3 rings (SSSR count). The van der Waals surface area contributed by atoms with Crippen molar-refractivity contribution in [1.29, 1.82) is 0 Å². The van der Waals surface area contributed by atoms with Crippen molar-refractivity contribution in [3.8, 4) is 11.5 Å². The highest BCUT2D eigenvalue weighted by atomic mass is 16.5. The first-order valence-electron chi connectivity index (χ1n) is 7.21. The number of fused-ring (bicyclic) bond motifs is 1. The minimum Gasteiger partial charge on any atom is -0.493 e. The van der Waals surface area contributed by atoms with E-state index in [1.54, 1.807) is 38.6 Å². The van der Waals surface area contributed by atoms with Crippen molar-refractivity contribution in [1.82, 2.24) is 9.97 Å². The van der Waals surface area contributed by atoms with E-state index >= 15 is 0 Å². The Balaban J connectivity index is 1.81. The molecule has 0 amide bonds. The third-order valence-electron chi connectivity index (χ3n) is 3.39. The minimum atomic E-state index is -0.335. The van der Waals surface area contributed by atoms with Gasteiger partial charge in [-0.05, 0) is 35.9 Å². The van der Waals surface area contributed by atoms with Crippen LogP contribution in [0, 0.1) is 0 Å². The van der Waals surface area contributed by atoms with Crippen molar-refractivity contribution in [2.24, 2.45) is 5.10 Å². The van der Waals surface area contributed by atoms with Gasteiger partial charge in [0.15, 0.2) is 11.5 Å². The summed E-state index contributed by atoms with van der Waals surface area (Å²) in [7, 11) is 3.14. The van der Waals surface area contributed by atoms with E-state index in [1.807, 2.05) is 24.3 Å². The van der Waals surface area contributed by atoms with Crippen molar-refractivity contribution >= 4 is 23.1 Å². The van der Waals surface area contributed by atoms with Crippen LogP contribution < -0.4 is 20.5 Å². The topological polar surface area (TPSA) is 88.6 Å². The van der Waals surface area contributed by atoms with Crippen molar-refractivity contribution in [2.45, 2.75) is 0 Å². The third kappa shape index (κ3) is 3.19. The Morgan fingerprint density at radius 3 is 2.71 bits per heavy atom. The second-order valence-electron chi connectivity index (χ2n) is 4.92. The zero-order chi connectivity index (χ0) is 16.9. The van der Waals surface area contributed by atoms with Crippen molar-refractivity contribution in [2.75, 3.05) is 19.6 Å². The quantitative estimate of drug-likeness (QED) is 0.556. The number of anilines is 1. The molecule has 7 heteroatoms. The van der Waals surface area contributed by atoms with Crippen molar-refractivity contribution < 1.29 is 9.47 Å². The molecule has 122 valence electrons. The number of aromatic nitrogens is 2. The number of rotatable bonds is 5. The van der Waals surface area contributed by atoms with Gasteiger partial charge in [0.2, 0.25) is 5.82 Å². The fourth-order valence-corrected chi connectivity index (χ4v) is 2.21. The average molecular weight is 324 g/mol. The molecule has 0 fully saturated rings. The van der Waals surface area contributed by atoms with Gasteiger partial charge in [-0.3, -0.25) is 10.2 Å². The first-order valence-corrected chi connectivity index (χ1v) is 7.21. The molecule has 0 aliphatic heterocycles. The molecule has 0 aliphatic carbocycles. The number of nitrogens with zero attached hydrogens (tertiary/aromatic N) is 2. The summed E-state index contributed by atoms with van der Waals surface area (Å²) in [5.74, 6) is 1.36. The number of H-pyrrole nitrogens is 1. The maximum absolute atomic E-state index is 12.0. The normalized spacial score (nSPS) is 10.9. The van der Waals surface area contributed by atoms with Gasteiger partial charge < -0.3 is 14.5 Å². The lowest BCUT2D eigenvalue weighted by Crippen LogP contribution is -2.13. The van der Waals surface area contributed by atoms with E-state index in [0.29, 0.717) is 22.5 Å². The summed E-state index contributed by atoms with van der Waals surface area (Å²) in [5, 5.41) is 4.06. The van der Waals surface area contributed by atoms with E-state index in [9.17, 15) is 4.79 Å². The molecule has 2 N–H and O–H groups in total. The van der Waals surface area contributed by atoms with Crippen LogP contribution in [-0.4, -0.2) is 30.4 Å². The van der Waals surface area contributed by atoms with E-state index in [0.717, 1.165) is 5.56 Å². The Kier molecular flexibility index (Phi) is 4.42. The van der Waals surface area contributed by atoms with E-state index < -0.39 is 0 Å². The van der Waals surface area contributed by atoms with E-state index in [1.165, 1.54) is 0 Å². The van der Waals surface area contributed by atoms with Crippen LogP contribution in [0.3, 0.4) is 0 Å². The second kappa shape index (κ2) is 6.82. The molecule has 7 nitrogen and oxygen atoms in total. The number of aromatic amines is 1. The minimum absolute atomic E-state index is 0.130. The molecule has 0 bridgehead atoms. The Morgan fingerprint density at radius 1 is 1.12 bits per heavy atom. The zero-order valence-corrected chi connectivity index (χ0v) is 13.2. The number of hydrogen-bond donors (Lipinski definition) is 2. The molecule has 0 saturated carbocycles. The van der Waals surface area contributed by atoms with Gasteiger partial charge in [-0.1, -0.05) is 12.1 Å². The Morgan fingerprint density at radius 2 is 1.92 bits per heavy atom. The molecule has 24 heavy (non-hydrogen) atoms. The van der Waals surface area contributed by atoms with Crippen LogP contribution in [0.1, 0.15) is 5.56 Å². The molecule has 1 aromatic heterocycles. The van der Waals surface area contributed by atoms with Crippen LogP contribution in [0.25, 0.3) is 11.0 Å². The van der Waals surface area contributed by atoms with Crippen molar-refractivity contribution in [3.05, 3.63) is 58.4 Å². The fourth-order valence-electron chi connectivity index (χ4n) is 2.21. The number of nitrogens with one attached hydrogen (secondary N) is 2. The lowest BCUT2D eigenvalue weighted by molar-refractivity contribution is 0.355. The van der Waals surface area contributed by atoms with E-state index in [-0.39, 0.29) is 11.4 Å². The lowest BCUT2D eigenvalue weighted by Gasteiger charge is -2.07. The Labute approximate surface area is 138 Å². The molecule has 1 heterocycles. The highest BCUT2D eigenvalue weighted by molar-refractivity contribution is 5.81. The van der Waals surface area contributed by atoms with E-state index in [2.05, 4.69) is 20.5 Å². The molecule has 0 atom stereocenters. The van der Waals surface area contributed by atoms with Gasteiger partial charge in [0.1, 0.15) is 0 Å². The average Bonchev–Trinajstić information content (AvgIpc) is 2.62. The Hall–Kier alpha value is -3.35. The molecule has 0 unspecified atom stereocenters. The lowest BCUT2D eigenvalue weighted by atomic mass is 10.2. The summed E-state index contributed by atoms with van der Waals surface area (Å²) >= 11 is 0. The molecule has 0 radical (unpaired) electrons. The first kappa shape index (κ1) is 15.5. The summed E-state index contributed by atoms with van der Waals surface area (Å²) in [6.45, 7) is 0.